The van der Waals surface area contributed by atoms with Gasteiger partial charge in [-0.1, -0.05) is 72.7 Å². The van der Waals surface area contributed by atoms with Gasteiger partial charge in [-0.05, 0) is 40.5 Å². The molecule has 27 heavy (non-hydrogen) atoms. The number of aromatic nitrogens is 1. The zero-order valence-corrected chi connectivity index (χ0v) is 17.8. The van der Waals surface area contributed by atoms with Gasteiger partial charge in [0.1, 0.15) is 5.69 Å². The largest absolute Gasteiger partial charge is 0.322 e. The van der Waals surface area contributed by atoms with Gasteiger partial charge in [0.2, 0.25) is 0 Å². The van der Waals surface area contributed by atoms with Crippen LogP contribution >= 0.6 is 0 Å². The molecule has 3 heteroatoms. The Morgan fingerprint density at radius 1 is 0.926 bits per heavy atom. The van der Waals surface area contributed by atoms with Crippen LogP contribution in [0.5, 0.6) is 0 Å². The molecule has 2 heterocycles. The third kappa shape index (κ3) is 3.92. The Morgan fingerprint density at radius 3 is 2.04 bits per heavy atom. The molecule has 0 spiro atoms. The van der Waals surface area contributed by atoms with Crippen molar-refractivity contribution >= 4 is 11.5 Å². The molecule has 144 valence electrons. The number of hydrogen-bond acceptors (Lipinski definition) is 3. The van der Waals surface area contributed by atoms with Gasteiger partial charge in [-0.25, -0.2) is 0 Å². The number of benzene rings is 1. The summed E-state index contributed by atoms with van der Waals surface area (Å²) in [5.41, 5.74) is 5.18. The minimum Gasteiger partial charge on any atom is -0.322 e. The van der Waals surface area contributed by atoms with E-state index in [1.54, 1.807) is 0 Å². The highest BCUT2D eigenvalue weighted by Crippen LogP contribution is 2.39. The summed E-state index contributed by atoms with van der Waals surface area (Å²) in [6, 6.07) is 13.1. The van der Waals surface area contributed by atoms with Gasteiger partial charge in [0.05, 0.1) is 6.04 Å². The quantitative estimate of drug-likeness (QED) is 0.665. The highest BCUT2D eigenvalue weighted by molar-refractivity contribution is 6.11. The third-order valence-electron chi connectivity index (χ3n) is 5.40. The van der Waals surface area contributed by atoms with E-state index in [1.165, 1.54) is 16.8 Å². The highest BCUT2D eigenvalue weighted by Gasteiger charge is 2.37. The molecule has 0 aliphatic carbocycles. The predicted molar refractivity (Wildman–Crippen MR) is 116 cm³/mol. The fraction of sp³-hybridized carbons (Fsp3) is 0.500. The SMILES string of the molecule is CC(C)c1cccc(C(C)C)c1N1C[C@H](C(C)(C)C)N=C1c1ccccn1. The van der Waals surface area contributed by atoms with Gasteiger partial charge >= 0.3 is 0 Å². The molecule has 0 amide bonds. The van der Waals surface area contributed by atoms with E-state index in [1.807, 2.05) is 18.3 Å². The molecule has 0 saturated carbocycles. The van der Waals surface area contributed by atoms with Crippen molar-refractivity contribution in [1.29, 1.82) is 0 Å². The lowest BCUT2D eigenvalue weighted by molar-refractivity contribution is 0.337. The van der Waals surface area contributed by atoms with E-state index < -0.39 is 0 Å². The Labute approximate surface area is 164 Å². The minimum absolute atomic E-state index is 0.111. The molecule has 0 radical (unpaired) electrons. The molecule has 0 bridgehead atoms. The molecule has 1 aliphatic rings. The van der Waals surface area contributed by atoms with Crippen molar-refractivity contribution in [3.8, 4) is 0 Å². The Bertz CT molecular complexity index is 787. The van der Waals surface area contributed by atoms with Gasteiger partial charge in [-0.15, -0.1) is 0 Å². The molecular formula is C24H33N3. The maximum atomic E-state index is 5.17. The number of nitrogens with zero attached hydrogens (tertiary/aromatic N) is 3. The van der Waals surface area contributed by atoms with Crippen molar-refractivity contribution < 1.29 is 0 Å². The molecule has 1 aromatic heterocycles. The molecule has 0 fully saturated rings. The van der Waals surface area contributed by atoms with E-state index >= 15 is 0 Å². The first-order valence-corrected chi connectivity index (χ1v) is 10.1. The van der Waals surface area contributed by atoms with E-state index in [4.69, 9.17) is 4.99 Å². The van der Waals surface area contributed by atoms with Crippen molar-refractivity contribution in [3.05, 3.63) is 59.4 Å². The molecule has 1 aromatic carbocycles. The number of hydrogen-bond donors (Lipinski definition) is 0. The van der Waals surface area contributed by atoms with E-state index in [0.717, 1.165) is 18.1 Å². The van der Waals surface area contributed by atoms with Crippen LogP contribution < -0.4 is 4.90 Å². The number of pyridine rings is 1. The van der Waals surface area contributed by atoms with Crippen LogP contribution in [0.4, 0.5) is 5.69 Å². The summed E-state index contributed by atoms with van der Waals surface area (Å²) < 4.78 is 0. The summed E-state index contributed by atoms with van der Waals surface area (Å²) >= 11 is 0. The normalized spacial score (nSPS) is 17.7. The predicted octanol–water partition coefficient (Wildman–Crippen LogP) is 6.01. The van der Waals surface area contributed by atoms with Gasteiger partial charge in [-0.2, -0.15) is 0 Å². The molecule has 2 aromatic rings. The molecule has 3 rings (SSSR count). The fourth-order valence-corrected chi connectivity index (χ4v) is 3.71. The summed E-state index contributed by atoms with van der Waals surface area (Å²) in [4.78, 5) is 12.2. The van der Waals surface area contributed by atoms with E-state index in [-0.39, 0.29) is 11.5 Å². The smallest absolute Gasteiger partial charge is 0.154 e. The zero-order valence-electron chi connectivity index (χ0n) is 17.8. The Morgan fingerprint density at radius 2 is 1.56 bits per heavy atom. The second-order valence-corrected chi connectivity index (χ2v) is 9.25. The highest BCUT2D eigenvalue weighted by atomic mass is 15.3. The monoisotopic (exact) mass is 363 g/mol. The van der Waals surface area contributed by atoms with E-state index in [0.29, 0.717) is 11.8 Å². The van der Waals surface area contributed by atoms with Crippen LogP contribution in [-0.2, 0) is 0 Å². The van der Waals surface area contributed by atoms with Crippen LogP contribution in [0.3, 0.4) is 0 Å². The number of anilines is 1. The average molecular weight is 364 g/mol. The van der Waals surface area contributed by atoms with Crippen LogP contribution in [0.1, 0.15) is 77.1 Å². The fourth-order valence-electron chi connectivity index (χ4n) is 3.71. The van der Waals surface area contributed by atoms with E-state index in [9.17, 15) is 0 Å². The minimum atomic E-state index is 0.111. The van der Waals surface area contributed by atoms with Crippen molar-refractivity contribution in [3.63, 3.8) is 0 Å². The second kappa shape index (κ2) is 7.46. The Hall–Kier alpha value is -2.16. The van der Waals surface area contributed by atoms with Crippen molar-refractivity contribution in [2.24, 2.45) is 10.4 Å². The zero-order chi connectivity index (χ0) is 19.8. The second-order valence-electron chi connectivity index (χ2n) is 9.25. The lowest BCUT2D eigenvalue weighted by Crippen LogP contribution is -2.35. The van der Waals surface area contributed by atoms with Gasteiger partial charge < -0.3 is 4.90 Å². The van der Waals surface area contributed by atoms with Gasteiger partial charge in [-0.3, -0.25) is 9.98 Å². The molecule has 0 N–H and O–H groups in total. The summed E-state index contributed by atoms with van der Waals surface area (Å²) in [6.45, 7) is 16.8. The first-order chi connectivity index (χ1) is 12.7. The molecule has 3 nitrogen and oxygen atoms in total. The summed E-state index contributed by atoms with van der Waals surface area (Å²) in [5.74, 6) is 1.92. The topological polar surface area (TPSA) is 28.5 Å². The first-order valence-electron chi connectivity index (χ1n) is 10.1. The van der Waals surface area contributed by atoms with Crippen molar-refractivity contribution in [2.45, 2.75) is 66.3 Å². The lowest BCUT2D eigenvalue weighted by atomic mass is 9.87. The van der Waals surface area contributed by atoms with Gasteiger partial charge in [0.25, 0.3) is 0 Å². The third-order valence-corrected chi connectivity index (χ3v) is 5.40. The van der Waals surface area contributed by atoms with Crippen LogP contribution in [0.25, 0.3) is 0 Å². The van der Waals surface area contributed by atoms with Crippen LogP contribution in [-0.4, -0.2) is 23.4 Å². The molecule has 1 aliphatic heterocycles. The number of amidine groups is 1. The number of aliphatic imine (C=N–C) groups is 1. The molecule has 0 saturated heterocycles. The lowest BCUT2D eigenvalue weighted by Gasteiger charge is -2.31. The average Bonchev–Trinajstić information content (AvgIpc) is 3.07. The molecular weight excluding hydrogens is 330 g/mol. The van der Waals surface area contributed by atoms with Crippen molar-refractivity contribution in [1.82, 2.24) is 4.98 Å². The Kier molecular flexibility index (Phi) is 5.41. The number of rotatable bonds is 4. The van der Waals surface area contributed by atoms with E-state index in [2.05, 4.69) is 82.6 Å². The summed E-state index contributed by atoms with van der Waals surface area (Å²) in [7, 11) is 0. The Balaban J connectivity index is 2.19. The van der Waals surface area contributed by atoms with Crippen LogP contribution in [0, 0.1) is 5.41 Å². The maximum absolute atomic E-state index is 5.17. The standard InChI is InChI=1S/C24H33N3/c1-16(2)18-11-10-12-19(17(3)4)22(18)27-15-21(24(5,6)7)26-23(27)20-13-8-9-14-25-20/h8-14,16-17,21H,15H2,1-7H3/t21-/m1/s1. The maximum Gasteiger partial charge on any atom is 0.154 e. The molecule has 0 unspecified atom stereocenters. The van der Waals surface area contributed by atoms with Crippen molar-refractivity contribution in [2.75, 3.05) is 11.4 Å². The summed E-state index contributed by atoms with van der Waals surface area (Å²) in [6.07, 6.45) is 1.86. The van der Waals surface area contributed by atoms with Crippen LogP contribution in [0.15, 0.2) is 47.6 Å². The number of para-hydroxylation sites is 1. The van der Waals surface area contributed by atoms with Gasteiger partial charge in [0, 0.05) is 18.4 Å². The summed E-state index contributed by atoms with van der Waals surface area (Å²) in [5, 5.41) is 0. The van der Waals surface area contributed by atoms with Crippen LogP contribution in [0.2, 0.25) is 0 Å². The first kappa shape index (κ1) is 19.6. The molecule has 1 atom stereocenters. The van der Waals surface area contributed by atoms with Gasteiger partial charge in [0.15, 0.2) is 5.84 Å².